The van der Waals surface area contributed by atoms with Crippen LogP contribution in [0.5, 0.6) is 0 Å². The number of rotatable bonds is 2. The molecule has 0 bridgehead atoms. The lowest BCUT2D eigenvalue weighted by molar-refractivity contribution is -0.146. The van der Waals surface area contributed by atoms with E-state index >= 15 is 0 Å². The number of benzene rings is 1. The fourth-order valence-corrected chi connectivity index (χ4v) is 2.57. The molecule has 0 aliphatic carbocycles. The molecule has 1 aliphatic heterocycles. The normalized spacial score (nSPS) is 13.4. The van der Waals surface area contributed by atoms with Crippen LogP contribution in [0.15, 0.2) is 48.8 Å². The molecule has 0 unspecified atom stereocenters. The molecular formula is C17H17N3O2. The highest BCUT2D eigenvalue weighted by Gasteiger charge is 2.25. The first-order valence-corrected chi connectivity index (χ1v) is 7.27. The van der Waals surface area contributed by atoms with Crippen LogP contribution in [-0.4, -0.2) is 28.2 Å². The van der Waals surface area contributed by atoms with Crippen LogP contribution in [0.25, 0.3) is 0 Å². The number of pyridine rings is 1. The monoisotopic (exact) mass is 295 g/mol. The molecule has 0 saturated carbocycles. The molecule has 2 amide bonds. The molecule has 112 valence electrons. The Hall–Kier alpha value is -2.69. The molecule has 2 heterocycles. The molecule has 0 saturated heterocycles. The van der Waals surface area contributed by atoms with Gasteiger partial charge in [-0.2, -0.15) is 0 Å². The topological polar surface area (TPSA) is 62.3 Å². The number of carbonyl (C=O) groups is 2. The third-order valence-corrected chi connectivity index (χ3v) is 3.81. The average Bonchev–Trinajstić information content (AvgIpc) is 2.59. The van der Waals surface area contributed by atoms with E-state index in [1.165, 1.54) is 5.56 Å². The fraction of sp³-hybridized carbons (Fsp3) is 0.235. The molecule has 22 heavy (non-hydrogen) atoms. The van der Waals surface area contributed by atoms with Crippen molar-refractivity contribution in [2.75, 3.05) is 6.54 Å². The second-order valence-electron chi connectivity index (χ2n) is 5.28. The molecule has 0 spiro atoms. The van der Waals surface area contributed by atoms with Crippen molar-refractivity contribution in [3.8, 4) is 0 Å². The van der Waals surface area contributed by atoms with Gasteiger partial charge in [-0.15, -0.1) is 0 Å². The SMILES string of the molecule is O=C(NCc1ccncc1)C(=O)N1CCc2ccccc2C1. The van der Waals surface area contributed by atoms with E-state index in [1.54, 1.807) is 17.3 Å². The molecule has 5 nitrogen and oxygen atoms in total. The maximum absolute atomic E-state index is 12.2. The zero-order chi connectivity index (χ0) is 15.4. The third kappa shape index (κ3) is 3.14. The van der Waals surface area contributed by atoms with E-state index in [0.29, 0.717) is 19.6 Å². The number of fused-ring (bicyclic) bond motifs is 1. The quantitative estimate of drug-likeness (QED) is 0.849. The van der Waals surface area contributed by atoms with E-state index in [2.05, 4.69) is 16.4 Å². The zero-order valence-electron chi connectivity index (χ0n) is 12.2. The molecule has 1 N–H and O–H groups in total. The Morgan fingerprint density at radius 2 is 1.82 bits per heavy atom. The second kappa shape index (κ2) is 6.39. The Kier molecular flexibility index (Phi) is 4.14. The van der Waals surface area contributed by atoms with Crippen LogP contribution in [0.2, 0.25) is 0 Å². The summed E-state index contributed by atoms with van der Waals surface area (Å²) in [5.41, 5.74) is 3.29. The highest BCUT2D eigenvalue weighted by molar-refractivity contribution is 6.34. The van der Waals surface area contributed by atoms with Crippen molar-refractivity contribution < 1.29 is 9.59 Å². The highest BCUT2D eigenvalue weighted by Crippen LogP contribution is 2.18. The minimum atomic E-state index is -0.559. The molecular weight excluding hydrogens is 278 g/mol. The number of carbonyl (C=O) groups excluding carboxylic acids is 2. The van der Waals surface area contributed by atoms with Crippen molar-refractivity contribution in [1.82, 2.24) is 15.2 Å². The molecule has 3 rings (SSSR count). The zero-order valence-corrected chi connectivity index (χ0v) is 12.2. The summed E-state index contributed by atoms with van der Waals surface area (Å²) in [5, 5.41) is 2.66. The van der Waals surface area contributed by atoms with E-state index < -0.39 is 11.8 Å². The summed E-state index contributed by atoms with van der Waals surface area (Å²) in [6, 6.07) is 11.6. The first-order chi connectivity index (χ1) is 10.7. The number of hydrogen-bond donors (Lipinski definition) is 1. The number of nitrogens with zero attached hydrogens (tertiary/aromatic N) is 2. The van der Waals surface area contributed by atoms with E-state index in [9.17, 15) is 9.59 Å². The van der Waals surface area contributed by atoms with E-state index in [-0.39, 0.29) is 0 Å². The van der Waals surface area contributed by atoms with E-state index in [1.807, 2.05) is 30.3 Å². The molecule has 5 heteroatoms. The van der Waals surface area contributed by atoms with Crippen molar-refractivity contribution >= 4 is 11.8 Å². The first-order valence-electron chi connectivity index (χ1n) is 7.27. The Balaban J connectivity index is 1.59. The summed E-state index contributed by atoms with van der Waals surface area (Å²) in [4.78, 5) is 29.8. The van der Waals surface area contributed by atoms with Crippen LogP contribution in [-0.2, 0) is 29.1 Å². The lowest BCUT2D eigenvalue weighted by Gasteiger charge is -2.28. The van der Waals surface area contributed by atoms with Gasteiger partial charge in [0.15, 0.2) is 0 Å². The van der Waals surface area contributed by atoms with Gasteiger partial charge in [0.05, 0.1) is 0 Å². The van der Waals surface area contributed by atoms with Crippen LogP contribution in [0.3, 0.4) is 0 Å². The second-order valence-corrected chi connectivity index (χ2v) is 5.28. The lowest BCUT2D eigenvalue weighted by Crippen LogP contribution is -2.44. The van der Waals surface area contributed by atoms with Crippen molar-refractivity contribution in [2.45, 2.75) is 19.5 Å². The van der Waals surface area contributed by atoms with Crippen molar-refractivity contribution in [1.29, 1.82) is 0 Å². The maximum Gasteiger partial charge on any atom is 0.312 e. The summed E-state index contributed by atoms with van der Waals surface area (Å²) in [6.07, 6.45) is 4.11. The van der Waals surface area contributed by atoms with Gasteiger partial charge in [-0.05, 0) is 35.2 Å². The summed E-state index contributed by atoms with van der Waals surface area (Å²) in [7, 11) is 0. The molecule has 2 aromatic rings. The van der Waals surface area contributed by atoms with Crippen LogP contribution < -0.4 is 5.32 Å². The van der Waals surface area contributed by atoms with Gasteiger partial charge < -0.3 is 10.2 Å². The fourth-order valence-electron chi connectivity index (χ4n) is 2.57. The Morgan fingerprint density at radius 3 is 2.59 bits per heavy atom. The van der Waals surface area contributed by atoms with Gasteiger partial charge in [-0.1, -0.05) is 24.3 Å². The molecule has 0 fully saturated rings. The van der Waals surface area contributed by atoms with Crippen LogP contribution in [0, 0.1) is 0 Å². The predicted molar refractivity (Wildman–Crippen MR) is 81.6 cm³/mol. The lowest BCUT2D eigenvalue weighted by atomic mass is 10.00. The van der Waals surface area contributed by atoms with Crippen molar-refractivity contribution in [2.24, 2.45) is 0 Å². The number of hydrogen-bond acceptors (Lipinski definition) is 3. The Bertz CT molecular complexity index is 685. The summed E-state index contributed by atoms with van der Waals surface area (Å²) in [5.74, 6) is -1.03. The average molecular weight is 295 g/mol. The van der Waals surface area contributed by atoms with Gasteiger partial charge in [0.25, 0.3) is 0 Å². The smallest absolute Gasteiger partial charge is 0.312 e. The minimum Gasteiger partial charge on any atom is -0.344 e. The van der Waals surface area contributed by atoms with E-state index in [4.69, 9.17) is 0 Å². The van der Waals surface area contributed by atoms with Crippen LogP contribution in [0.1, 0.15) is 16.7 Å². The van der Waals surface area contributed by atoms with Gasteiger partial charge in [-0.3, -0.25) is 14.6 Å². The molecule has 1 aromatic heterocycles. The molecule has 0 atom stereocenters. The summed E-state index contributed by atoms with van der Waals surface area (Å²) < 4.78 is 0. The first kappa shape index (κ1) is 14.3. The van der Waals surface area contributed by atoms with Gasteiger partial charge >= 0.3 is 11.8 Å². The maximum atomic E-state index is 12.2. The van der Waals surface area contributed by atoms with Gasteiger partial charge in [0.1, 0.15) is 0 Å². The highest BCUT2D eigenvalue weighted by atomic mass is 16.2. The van der Waals surface area contributed by atoms with Gasteiger partial charge in [0.2, 0.25) is 0 Å². The van der Waals surface area contributed by atoms with Crippen molar-refractivity contribution in [3.05, 3.63) is 65.5 Å². The Morgan fingerprint density at radius 1 is 1.09 bits per heavy atom. The Labute approximate surface area is 129 Å². The number of nitrogens with one attached hydrogen (secondary N) is 1. The van der Waals surface area contributed by atoms with Gasteiger partial charge in [-0.25, -0.2) is 0 Å². The molecule has 1 aromatic carbocycles. The van der Waals surface area contributed by atoms with E-state index in [0.717, 1.165) is 17.5 Å². The summed E-state index contributed by atoms with van der Waals surface area (Å²) in [6.45, 7) is 1.41. The third-order valence-electron chi connectivity index (χ3n) is 3.81. The summed E-state index contributed by atoms with van der Waals surface area (Å²) >= 11 is 0. The van der Waals surface area contributed by atoms with Crippen LogP contribution in [0.4, 0.5) is 0 Å². The predicted octanol–water partition coefficient (Wildman–Crippen LogP) is 1.28. The number of amides is 2. The van der Waals surface area contributed by atoms with Crippen molar-refractivity contribution in [3.63, 3.8) is 0 Å². The van der Waals surface area contributed by atoms with Gasteiger partial charge in [0, 0.05) is 32.0 Å². The number of aromatic nitrogens is 1. The minimum absolute atomic E-state index is 0.331. The molecule has 1 aliphatic rings. The standard InChI is InChI=1S/C17H17N3O2/c21-16(19-11-13-5-8-18-9-6-13)17(22)20-10-7-14-3-1-2-4-15(14)12-20/h1-6,8-9H,7,10-12H2,(H,19,21). The largest absolute Gasteiger partial charge is 0.344 e. The van der Waals surface area contributed by atoms with Crippen LogP contribution >= 0.6 is 0 Å². The molecule has 0 radical (unpaired) electrons.